The molecule has 0 spiro atoms. The second-order valence-electron chi connectivity index (χ2n) is 3.26. The van der Waals surface area contributed by atoms with E-state index < -0.39 is 6.16 Å². The van der Waals surface area contributed by atoms with Crippen LogP contribution in [0.1, 0.15) is 39.0 Å². The van der Waals surface area contributed by atoms with Gasteiger partial charge in [0.1, 0.15) is 0 Å². The van der Waals surface area contributed by atoms with Crippen LogP contribution in [0.2, 0.25) is 0 Å². The molecule has 1 unspecified atom stereocenters. The van der Waals surface area contributed by atoms with Gasteiger partial charge in [0.05, 0.1) is 12.7 Å². The number of carboxylic acid groups (broad SMARTS) is 1. The van der Waals surface area contributed by atoms with Crippen LogP contribution >= 0.6 is 0 Å². The van der Waals surface area contributed by atoms with Crippen molar-refractivity contribution < 1.29 is 19.4 Å². The van der Waals surface area contributed by atoms with Crippen molar-refractivity contribution in [2.75, 3.05) is 13.7 Å². The predicted octanol–water partition coefficient (Wildman–Crippen LogP) is 2.67. The summed E-state index contributed by atoms with van der Waals surface area (Å²) >= 11 is 0. The Hall–Kier alpha value is -0.770. The molecule has 0 rings (SSSR count). The number of carbonyl (C=O) groups is 1. The molecule has 0 aliphatic carbocycles. The quantitative estimate of drug-likeness (QED) is 0.488. The highest BCUT2D eigenvalue weighted by Gasteiger charge is 2.06. The highest BCUT2D eigenvalue weighted by Crippen LogP contribution is 2.10. The first-order valence-electron chi connectivity index (χ1n) is 5.09. The number of ether oxygens (including phenoxy) is 2. The van der Waals surface area contributed by atoms with Crippen molar-refractivity contribution in [3.63, 3.8) is 0 Å². The summed E-state index contributed by atoms with van der Waals surface area (Å²) in [5.41, 5.74) is 0. The number of rotatable bonds is 8. The number of unbranched alkanes of at least 4 members (excludes halogenated alkanes) is 1. The Labute approximate surface area is 85.2 Å². The normalized spacial score (nSPS) is 12.4. The van der Waals surface area contributed by atoms with Gasteiger partial charge in [-0.3, -0.25) is 0 Å². The first-order chi connectivity index (χ1) is 6.70. The summed E-state index contributed by atoms with van der Waals surface area (Å²) in [6, 6.07) is 0. The molecule has 0 radical (unpaired) electrons. The van der Waals surface area contributed by atoms with Crippen molar-refractivity contribution in [1.29, 1.82) is 0 Å². The fourth-order valence-electron chi connectivity index (χ4n) is 1.28. The van der Waals surface area contributed by atoms with Crippen molar-refractivity contribution in [3.8, 4) is 0 Å². The van der Waals surface area contributed by atoms with Gasteiger partial charge in [0.2, 0.25) is 0 Å². The smallest absolute Gasteiger partial charge is 0.450 e. The molecule has 0 saturated carbocycles. The number of hydrogen-bond donors (Lipinski definition) is 1. The lowest BCUT2D eigenvalue weighted by molar-refractivity contribution is 0.0645. The zero-order valence-corrected chi connectivity index (χ0v) is 8.99. The van der Waals surface area contributed by atoms with Crippen LogP contribution < -0.4 is 0 Å². The molecule has 4 nitrogen and oxygen atoms in total. The molecule has 0 aromatic heterocycles. The fourth-order valence-corrected chi connectivity index (χ4v) is 1.28. The highest BCUT2D eigenvalue weighted by atomic mass is 16.7. The van der Waals surface area contributed by atoms with Crippen LogP contribution in [0, 0.1) is 0 Å². The van der Waals surface area contributed by atoms with Crippen LogP contribution in [0.4, 0.5) is 4.79 Å². The van der Waals surface area contributed by atoms with E-state index >= 15 is 0 Å². The zero-order valence-electron chi connectivity index (χ0n) is 8.99. The summed E-state index contributed by atoms with van der Waals surface area (Å²) in [4.78, 5) is 10.0. The zero-order chi connectivity index (χ0) is 10.8. The van der Waals surface area contributed by atoms with Crippen molar-refractivity contribution in [2.45, 2.75) is 45.1 Å². The minimum absolute atomic E-state index is 0.243. The molecule has 4 heteroatoms. The Morgan fingerprint density at radius 1 is 1.36 bits per heavy atom. The van der Waals surface area contributed by atoms with Crippen LogP contribution in [-0.4, -0.2) is 31.1 Å². The summed E-state index contributed by atoms with van der Waals surface area (Å²) in [6.45, 7) is 2.40. The van der Waals surface area contributed by atoms with Gasteiger partial charge in [-0.25, -0.2) is 4.79 Å². The molecule has 0 saturated heterocycles. The first kappa shape index (κ1) is 13.2. The monoisotopic (exact) mass is 204 g/mol. The van der Waals surface area contributed by atoms with Gasteiger partial charge in [-0.05, 0) is 19.3 Å². The second kappa shape index (κ2) is 8.81. The van der Waals surface area contributed by atoms with Gasteiger partial charge in [0.15, 0.2) is 0 Å². The van der Waals surface area contributed by atoms with Crippen molar-refractivity contribution >= 4 is 6.16 Å². The lowest BCUT2D eigenvalue weighted by Crippen LogP contribution is -2.12. The van der Waals surface area contributed by atoms with Gasteiger partial charge in [-0.15, -0.1) is 0 Å². The third-order valence-electron chi connectivity index (χ3n) is 2.11. The van der Waals surface area contributed by atoms with Gasteiger partial charge in [0, 0.05) is 7.11 Å². The van der Waals surface area contributed by atoms with Crippen LogP contribution in [0.5, 0.6) is 0 Å². The topological polar surface area (TPSA) is 55.8 Å². The maximum absolute atomic E-state index is 10.0. The SMILES string of the molecule is CCCCC(CCCOC(=O)O)OC. The van der Waals surface area contributed by atoms with Crippen LogP contribution in [0.25, 0.3) is 0 Å². The van der Waals surface area contributed by atoms with Crippen molar-refractivity contribution in [3.05, 3.63) is 0 Å². The molecule has 84 valence electrons. The molecular formula is C10H20O4. The van der Waals surface area contributed by atoms with Crippen molar-refractivity contribution in [1.82, 2.24) is 0 Å². The second-order valence-corrected chi connectivity index (χ2v) is 3.26. The first-order valence-corrected chi connectivity index (χ1v) is 5.09. The molecule has 0 aromatic rings. The molecule has 1 atom stereocenters. The van der Waals surface area contributed by atoms with E-state index in [1.54, 1.807) is 7.11 Å². The molecule has 0 aliphatic rings. The molecule has 1 N–H and O–H groups in total. The maximum atomic E-state index is 10.0. The van der Waals surface area contributed by atoms with Gasteiger partial charge in [-0.2, -0.15) is 0 Å². The molecule has 0 aromatic carbocycles. The van der Waals surface area contributed by atoms with Crippen molar-refractivity contribution in [2.24, 2.45) is 0 Å². The average Bonchev–Trinajstić information content (AvgIpc) is 2.16. The Kier molecular flexibility index (Phi) is 8.33. The number of hydrogen-bond acceptors (Lipinski definition) is 3. The minimum Gasteiger partial charge on any atom is -0.450 e. The van der Waals surface area contributed by atoms with E-state index in [4.69, 9.17) is 9.84 Å². The molecule has 14 heavy (non-hydrogen) atoms. The molecular weight excluding hydrogens is 184 g/mol. The van der Waals surface area contributed by atoms with E-state index in [1.165, 1.54) is 0 Å². The minimum atomic E-state index is -1.20. The summed E-state index contributed by atoms with van der Waals surface area (Å²) in [7, 11) is 1.69. The molecule has 0 heterocycles. The van der Waals surface area contributed by atoms with Crippen LogP contribution in [-0.2, 0) is 9.47 Å². The van der Waals surface area contributed by atoms with Gasteiger partial charge >= 0.3 is 6.16 Å². The fraction of sp³-hybridized carbons (Fsp3) is 0.900. The number of methoxy groups -OCH3 is 1. The Bertz CT molecular complexity index is 147. The van der Waals surface area contributed by atoms with Gasteiger partial charge in [0.25, 0.3) is 0 Å². The molecule has 0 amide bonds. The van der Waals surface area contributed by atoms with Gasteiger partial charge in [-0.1, -0.05) is 19.8 Å². The van der Waals surface area contributed by atoms with Gasteiger partial charge < -0.3 is 14.6 Å². The maximum Gasteiger partial charge on any atom is 0.505 e. The Morgan fingerprint density at radius 3 is 2.50 bits per heavy atom. The van der Waals surface area contributed by atoms with E-state index in [2.05, 4.69) is 11.7 Å². The predicted molar refractivity (Wildman–Crippen MR) is 53.5 cm³/mol. The van der Waals surface area contributed by atoms with Crippen LogP contribution in [0.15, 0.2) is 0 Å². The lowest BCUT2D eigenvalue weighted by atomic mass is 10.1. The third kappa shape index (κ3) is 7.86. The largest absolute Gasteiger partial charge is 0.505 e. The highest BCUT2D eigenvalue weighted by molar-refractivity contribution is 5.56. The lowest BCUT2D eigenvalue weighted by Gasteiger charge is -2.14. The Balaban J connectivity index is 3.37. The van der Waals surface area contributed by atoms with E-state index in [0.717, 1.165) is 32.1 Å². The van der Waals surface area contributed by atoms with E-state index in [-0.39, 0.29) is 12.7 Å². The summed E-state index contributed by atoms with van der Waals surface area (Å²) in [5.74, 6) is 0. The summed E-state index contributed by atoms with van der Waals surface area (Å²) in [5, 5.41) is 8.22. The summed E-state index contributed by atoms with van der Waals surface area (Å²) < 4.78 is 9.66. The molecule has 0 aliphatic heterocycles. The Morgan fingerprint density at radius 2 is 2.00 bits per heavy atom. The molecule has 0 bridgehead atoms. The standard InChI is InChI=1S/C10H20O4/c1-3-4-6-9(13-2)7-5-8-14-10(11)12/h9H,3-8H2,1-2H3,(H,11,12). The van der Waals surface area contributed by atoms with E-state index in [0.29, 0.717) is 0 Å². The molecule has 0 fully saturated rings. The van der Waals surface area contributed by atoms with E-state index in [9.17, 15) is 4.79 Å². The van der Waals surface area contributed by atoms with Crippen LogP contribution in [0.3, 0.4) is 0 Å². The summed E-state index contributed by atoms with van der Waals surface area (Å²) in [6.07, 6.45) is 3.99. The third-order valence-corrected chi connectivity index (χ3v) is 2.11. The average molecular weight is 204 g/mol. The van der Waals surface area contributed by atoms with E-state index in [1.807, 2.05) is 0 Å².